The maximum Gasteiger partial charge on any atom is 0.164 e. The van der Waals surface area contributed by atoms with Gasteiger partial charge < -0.3 is 23.9 Å². The van der Waals surface area contributed by atoms with Crippen molar-refractivity contribution < 1.29 is 19.3 Å². The maximum atomic E-state index is 10.6. The van der Waals surface area contributed by atoms with E-state index in [2.05, 4.69) is 34.1 Å². The summed E-state index contributed by atoms with van der Waals surface area (Å²) < 4.78 is 18.6. The Bertz CT molecular complexity index is 944. The Morgan fingerprint density at radius 1 is 1.07 bits per heavy atom. The van der Waals surface area contributed by atoms with Gasteiger partial charge in [0.2, 0.25) is 0 Å². The molecule has 0 amide bonds. The minimum Gasteiger partial charge on any atom is -0.493 e. The average molecular weight is 409 g/mol. The van der Waals surface area contributed by atoms with Gasteiger partial charge in [0.25, 0.3) is 0 Å². The summed E-state index contributed by atoms with van der Waals surface area (Å²) in [5.41, 5.74) is 2.30. The Labute approximate surface area is 176 Å². The number of ether oxygens (including phenoxy) is 3. The van der Waals surface area contributed by atoms with Gasteiger partial charge in [0, 0.05) is 43.8 Å². The van der Waals surface area contributed by atoms with Gasteiger partial charge in [0.1, 0.15) is 18.0 Å². The fourth-order valence-corrected chi connectivity index (χ4v) is 3.76. The van der Waals surface area contributed by atoms with E-state index < -0.39 is 6.10 Å². The minimum atomic E-state index is -0.558. The van der Waals surface area contributed by atoms with E-state index in [0.717, 1.165) is 25.2 Å². The second kappa shape index (κ2) is 9.19. The van der Waals surface area contributed by atoms with Crippen molar-refractivity contribution in [3.05, 3.63) is 66.7 Å². The second-order valence-electron chi connectivity index (χ2n) is 7.40. The van der Waals surface area contributed by atoms with Crippen molar-refractivity contribution in [3.63, 3.8) is 0 Å². The van der Waals surface area contributed by atoms with E-state index in [9.17, 15) is 5.11 Å². The van der Waals surface area contributed by atoms with Crippen LogP contribution in [0.1, 0.15) is 12.0 Å². The van der Waals surface area contributed by atoms with Gasteiger partial charge in [-0.3, -0.25) is 4.90 Å². The maximum absolute atomic E-state index is 10.6. The standard InChI is InChI=1S/C23H27N3O4/c1-28-22-8-7-19(13-23(22)29-2)30-21-9-11-25(15-20(21)27)14-17-3-5-18(6-4-17)26-12-10-24-16-26/h3-8,10,12-13,16,20-21,27H,9,11,14-15H2,1-2H3/t20-,21-/m1/s1. The minimum absolute atomic E-state index is 0.247. The Balaban J connectivity index is 1.33. The zero-order chi connectivity index (χ0) is 20.9. The predicted octanol–water partition coefficient (Wildman–Crippen LogP) is 2.90. The van der Waals surface area contributed by atoms with Crippen LogP contribution in [0.2, 0.25) is 0 Å². The van der Waals surface area contributed by atoms with Crippen LogP contribution in [-0.2, 0) is 6.54 Å². The molecule has 7 nitrogen and oxygen atoms in total. The van der Waals surface area contributed by atoms with Gasteiger partial charge in [-0.1, -0.05) is 12.1 Å². The second-order valence-corrected chi connectivity index (χ2v) is 7.40. The van der Waals surface area contributed by atoms with Gasteiger partial charge in [-0.25, -0.2) is 4.98 Å². The number of nitrogens with zero attached hydrogens (tertiary/aromatic N) is 3. The first-order valence-corrected chi connectivity index (χ1v) is 10.0. The van der Waals surface area contributed by atoms with Gasteiger partial charge in [0.15, 0.2) is 11.5 Å². The zero-order valence-corrected chi connectivity index (χ0v) is 17.3. The molecule has 30 heavy (non-hydrogen) atoms. The Hall–Kier alpha value is -3.03. The van der Waals surface area contributed by atoms with Crippen LogP contribution < -0.4 is 14.2 Å². The molecule has 1 N–H and O–H groups in total. The average Bonchev–Trinajstić information content (AvgIpc) is 3.31. The van der Waals surface area contributed by atoms with Gasteiger partial charge in [-0.15, -0.1) is 0 Å². The molecule has 4 rings (SSSR count). The van der Waals surface area contributed by atoms with Crippen molar-refractivity contribution in [1.29, 1.82) is 0 Å². The third-order valence-electron chi connectivity index (χ3n) is 5.39. The Morgan fingerprint density at radius 3 is 2.53 bits per heavy atom. The van der Waals surface area contributed by atoms with Crippen molar-refractivity contribution in [1.82, 2.24) is 14.5 Å². The van der Waals surface area contributed by atoms with Gasteiger partial charge >= 0.3 is 0 Å². The van der Waals surface area contributed by atoms with Crippen molar-refractivity contribution in [2.45, 2.75) is 25.2 Å². The highest BCUT2D eigenvalue weighted by Gasteiger charge is 2.29. The molecule has 2 aromatic carbocycles. The van der Waals surface area contributed by atoms with E-state index in [-0.39, 0.29) is 6.10 Å². The molecule has 0 saturated carbocycles. The first-order valence-electron chi connectivity index (χ1n) is 10.0. The largest absolute Gasteiger partial charge is 0.493 e. The van der Waals surface area contributed by atoms with Crippen molar-refractivity contribution in [2.75, 3.05) is 27.3 Å². The summed E-state index contributed by atoms with van der Waals surface area (Å²) in [6.45, 7) is 2.23. The van der Waals surface area contributed by atoms with Crippen LogP contribution in [0.25, 0.3) is 5.69 Å². The lowest BCUT2D eigenvalue weighted by Crippen LogP contribution is -2.48. The fourth-order valence-electron chi connectivity index (χ4n) is 3.76. The third-order valence-corrected chi connectivity index (χ3v) is 5.39. The molecule has 1 aliphatic rings. The SMILES string of the molecule is COc1ccc(O[C@@H]2CCN(Cc3ccc(-n4ccnc4)cc3)C[C@H]2O)cc1OC. The summed E-state index contributed by atoms with van der Waals surface area (Å²) in [7, 11) is 3.19. The Morgan fingerprint density at radius 2 is 1.87 bits per heavy atom. The van der Waals surface area contributed by atoms with Crippen molar-refractivity contribution in [2.24, 2.45) is 0 Å². The van der Waals surface area contributed by atoms with Crippen LogP contribution in [-0.4, -0.2) is 59.1 Å². The molecule has 0 aliphatic carbocycles. The lowest BCUT2D eigenvalue weighted by atomic mass is 10.0. The molecular formula is C23H27N3O4. The molecular weight excluding hydrogens is 382 g/mol. The molecule has 2 heterocycles. The summed E-state index contributed by atoms with van der Waals surface area (Å²) in [5, 5.41) is 10.6. The Kier molecular flexibility index (Phi) is 6.21. The van der Waals surface area contributed by atoms with E-state index in [1.54, 1.807) is 32.8 Å². The topological polar surface area (TPSA) is 69.0 Å². The molecule has 1 aromatic heterocycles. The van der Waals surface area contributed by atoms with E-state index in [1.807, 2.05) is 22.9 Å². The number of rotatable bonds is 7. The number of likely N-dealkylation sites (tertiary alicyclic amines) is 1. The molecule has 1 fully saturated rings. The number of methoxy groups -OCH3 is 2. The van der Waals surface area contributed by atoms with E-state index >= 15 is 0 Å². The number of aromatic nitrogens is 2. The molecule has 0 spiro atoms. The number of β-amino-alcohol motifs (C(OH)–C–C–N with tert-alkyl or cyclic N) is 1. The van der Waals surface area contributed by atoms with E-state index in [1.165, 1.54) is 5.56 Å². The predicted molar refractivity (Wildman–Crippen MR) is 113 cm³/mol. The number of imidazole rings is 1. The van der Waals surface area contributed by atoms with Crippen molar-refractivity contribution in [3.8, 4) is 22.9 Å². The van der Waals surface area contributed by atoms with Gasteiger partial charge in [0.05, 0.1) is 20.5 Å². The number of hydrogen-bond donors (Lipinski definition) is 1. The normalized spacial score (nSPS) is 19.4. The lowest BCUT2D eigenvalue weighted by Gasteiger charge is -2.36. The first kappa shape index (κ1) is 20.3. The van der Waals surface area contributed by atoms with E-state index in [4.69, 9.17) is 14.2 Å². The van der Waals surface area contributed by atoms with Crippen LogP contribution in [0.3, 0.4) is 0 Å². The molecule has 0 bridgehead atoms. The van der Waals surface area contributed by atoms with Crippen LogP contribution >= 0.6 is 0 Å². The summed E-state index contributed by atoms with van der Waals surface area (Å²) in [6.07, 6.45) is 5.43. The number of hydrogen-bond acceptors (Lipinski definition) is 6. The molecule has 1 aliphatic heterocycles. The molecule has 1 saturated heterocycles. The molecule has 0 radical (unpaired) electrons. The van der Waals surface area contributed by atoms with Crippen LogP contribution in [0.15, 0.2) is 61.2 Å². The number of benzene rings is 2. The highest BCUT2D eigenvalue weighted by Crippen LogP contribution is 2.32. The zero-order valence-electron chi connectivity index (χ0n) is 17.3. The van der Waals surface area contributed by atoms with Crippen LogP contribution in [0.4, 0.5) is 0 Å². The molecule has 3 aromatic rings. The quantitative estimate of drug-likeness (QED) is 0.647. The van der Waals surface area contributed by atoms with E-state index in [0.29, 0.717) is 23.8 Å². The highest BCUT2D eigenvalue weighted by molar-refractivity contribution is 5.45. The molecule has 7 heteroatoms. The number of aliphatic hydroxyl groups is 1. The monoisotopic (exact) mass is 409 g/mol. The molecule has 0 unspecified atom stereocenters. The lowest BCUT2D eigenvalue weighted by molar-refractivity contribution is -0.0275. The summed E-state index contributed by atoms with van der Waals surface area (Å²) >= 11 is 0. The summed E-state index contributed by atoms with van der Waals surface area (Å²) in [4.78, 5) is 6.34. The highest BCUT2D eigenvalue weighted by atomic mass is 16.5. The smallest absolute Gasteiger partial charge is 0.164 e. The van der Waals surface area contributed by atoms with Gasteiger partial charge in [-0.05, 0) is 36.2 Å². The number of piperidine rings is 1. The first-order chi connectivity index (χ1) is 14.7. The summed E-state index contributed by atoms with van der Waals surface area (Å²) in [5.74, 6) is 1.93. The van der Waals surface area contributed by atoms with Crippen molar-refractivity contribution >= 4 is 0 Å². The van der Waals surface area contributed by atoms with Crippen LogP contribution in [0, 0.1) is 0 Å². The molecule has 2 atom stereocenters. The third kappa shape index (κ3) is 4.58. The number of aliphatic hydroxyl groups excluding tert-OH is 1. The fraction of sp³-hybridized carbons (Fsp3) is 0.348. The van der Waals surface area contributed by atoms with Crippen LogP contribution in [0.5, 0.6) is 17.2 Å². The van der Waals surface area contributed by atoms with Gasteiger partial charge in [-0.2, -0.15) is 0 Å². The summed E-state index contributed by atoms with van der Waals surface area (Å²) in [6, 6.07) is 13.8. The molecule has 158 valence electrons.